The topological polar surface area (TPSA) is 58.5 Å². The standard InChI is InChI=1S/C6H12N2O2S/c1-5(9)7-4-6(2,3)11-8-10/h4H2,1-3H3,(H,7,9). The molecule has 64 valence electrons. The first-order valence-corrected chi connectivity index (χ1v) is 4.00. The lowest BCUT2D eigenvalue weighted by atomic mass is 10.2. The Morgan fingerprint density at radius 3 is 2.55 bits per heavy atom. The maximum Gasteiger partial charge on any atom is 0.216 e. The van der Waals surface area contributed by atoms with Crippen molar-refractivity contribution in [1.29, 1.82) is 0 Å². The van der Waals surface area contributed by atoms with Crippen LogP contribution in [-0.2, 0) is 4.79 Å². The van der Waals surface area contributed by atoms with Gasteiger partial charge in [0.1, 0.15) is 0 Å². The third-order valence-corrected chi connectivity index (χ3v) is 1.76. The molecule has 1 N–H and O–H groups in total. The Bertz CT molecular complexity index is 159. The zero-order valence-corrected chi connectivity index (χ0v) is 7.70. The van der Waals surface area contributed by atoms with E-state index in [2.05, 4.69) is 9.90 Å². The monoisotopic (exact) mass is 176 g/mol. The van der Waals surface area contributed by atoms with E-state index in [1.165, 1.54) is 6.92 Å². The Labute approximate surface area is 70.2 Å². The molecule has 0 saturated heterocycles. The van der Waals surface area contributed by atoms with Crippen molar-refractivity contribution in [2.75, 3.05) is 6.54 Å². The van der Waals surface area contributed by atoms with Crippen LogP contribution in [0.4, 0.5) is 0 Å². The quantitative estimate of drug-likeness (QED) is 0.519. The minimum Gasteiger partial charge on any atom is -0.355 e. The highest BCUT2D eigenvalue weighted by molar-refractivity contribution is 7.99. The largest absolute Gasteiger partial charge is 0.355 e. The van der Waals surface area contributed by atoms with E-state index in [1.807, 2.05) is 13.8 Å². The number of hydrogen-bond donors (Lipinski definition) is 1. The number of carbonyl (C=O) groups is 1. The molecule has 0 rings (SSSR count). The predicted octanol–water partition coefficient (Wildman–Crippen LogP) is 1.32. The molecule has 0 heterocycles. The van der Waals surface area contributed by atoms with Gasteiger partial charge in [-0.15, -0.1) is 4.91 Å². The SMILES string of the molecule is CC(=O)NCC(C)(C)SN=O. The summed E-state index contributed by atoms with van der Waals surface area (Å²) in [6, 6.07) is 0. The zero-order valence-electron chi connectivity index (χ0n) is 6.88. The summed E-state index contributed by atoms with van der Waals surface area (Å²) in [7, 11) is 0. The molecule has 5 heteroatoms. The molecule has 0 radical (unpaired) electrons. The van der Waals surface area contributed by atoms with Gasteiger partial charge < -0.3 is 5.32 Å². The first-order valence-electron chi connectivity index (χ1n) is 3.23. The van der Waals surface area contributed by atoms with Crippen LogP contribution in [0.2, 0.25) is 0 Å². The Kier molecular flexibility index (Phi) is 4.10. The van der Waals surface area contributed by atoms with Crippen LogP contribution in [0.5, 0.6) is 0 Å². The summed E-state index contributed by atoms with van der Waals surface area (Å²) in [5, 5.41) is 2.61. The van der Waals surface area contributed by atoms with Crippen LogP contribution in [0.15, 0.2) is 4.58 Å². The average Bonchev–Trinajstić information content (AvgIpc) is 1.84. The summed E-state index contributed by atoms with van der Waals surface area (Å²) >= 11 is 0.930. The summed E-state index contributed by atoms with van der Waals surface area (Å²) < 4.78 is 2.39. The summed E-state index contributed by atoms with van der Waals surface area (Å²) in [5.74, 6) is -0.0930. The maximum atomic E-state index is 10.5. The van der Waals surface area contributed by atoms with Crippen molar-refractivity contribution >= 4 is 17.9 Å². The highest BCUT2D eigenvalue weighted by Gasteiger charge is 2.19. The van der Waals surface area contributed by atoms with Gasteiger partial charge in [-0.05, 0) is 13.8 Å². The van der Waals surface area contributed by atoms with Crippen LogP contribution in [0.3, 0.4) is 0 Å². The zero-order chi connectivity index (χ0) is 8.91. The molecule has 0 unspecified atom stereocenters. The minimum absolute atomic E-state index is 0.0930. The molecule has 0 fully saturated rings. The van der Waals surface area contributed by atoms with E-state index in [1.54, 1.807) is 0 Å². The number of hydrogen-bond acceptors (Lipinski definition) is 4. The fourth-order valence-electron chi connectivity index (χ4n) is 0.470. The van der Waals surface area contributed by atoms with Gasteiger partial charge in [-0.2, -0.15) is 0 Å². The van der Waals surface area contributed by atoms with Gasteiger partial charge in [0, 0.05) is 30.0 Å². The molecule has 4 nitrogen and oxygen atoms in total. The van der Waals surface area contributed by atoms with Gasteiger partial charge in [0.15, 0.2) is 0 Å². The highest BCUT2D eigenvalue weighted by atomic mass is 32.2. The first kappa shape index (κ1) is 10.4. The molecule has 11 heavy (non-hydrogen) atoms. The molecule has 0 aromatic heterocycles. The maximum absolute atomic E-state index is 10.5. The molecule has 0 atom stereocenters. The molecular weight excluding hydrogens is 164 g/mol. The number of nitroso groups, excluding NO2 is 1. The van der Waals surface area contributed by atoms with E-state index in [0.29, 0.717) is 6.54 Å². The van der Waals surface area contributed by atoms with E-state index < -0.39 is 0 Å². The summed E-state index contributed by atoms with van der Waals surface area (Å²) in [5.41, 5.74) is 0. The third-order valence-electron chi connectivity index (χ3n) is 1.05. The van der Waals surface area contributed by atoms with Crippen LogP contribution in [0, 0.1) is 4.91 Å². The Morgan fingerprint density at radius 1 is 1.64 bits per heavy atom. The van der Waals surface area contributed by atoms with Gasteiger partial charge in [-0.1, -0.05) is 0 Å². The van der Waals surface area contributed by atoms with Gasteiger partial charge >= 0.3 is 0 Å². The number of carbonyl (C=O) groups excluding carboxylic acids is 1. The number of rotatable bonds is 4. The predicted molar refractivity (Wildman–Crippen MR) is 46.1 cm³/mol. The van der Waals surface area contributed by atoms with E-state index in [4.69, 9.17) is 0 Å². The molecule has 0 aliphatic carbocycles. The van der Waals surface area contributed by atoms with Crippen molar-refractivity contribution in [2.24, 2.45) is 4.58 Å². The van der Waals surface area contributed by atoms with Crippen molar-refractivity contribution in [3.63, 3.8) is 0 Å². The van der Waals surface area contributed by atoms with Crippen LogP contribution in [0.1, 0.15) is 20.8 Å². The van der Waals surface area contributed by atoms with Crippen molar-refractivity contribution < 1.29 is 4.79 Å². The Balaban J connectivity index is 3.71. The summed E-state index contributed by atoms with van der Waals surface area (Å²) in [4.78, 5) is 20.3. The number of nitrogens with zero attached hydrogens (tertiary/aromatic N) is 1. The van der Waals surface area contributed by atoms with E-state index in [9.17, 15) is 9.70 Å². The van der Waals surface area contributed by atoms with Gasteiger partial charge in [0.05, 0.1) is 4.75 Å². The van der Waals surface area contributed by atoms with Crippen molar-refractivity contribution in [3.8, 4) is 0 Å². The second kappa shape index (κ2) is 4.33. The second-order valence-corrected chi connectivity index (χ2v) is 4.27. The summed E-state index contributed by atoms with van der Waals surface area (Å²) in [6.07, 6.45) is 0. The van der Waals surface area contributed by atoms with Gasteiger partial charge in [-0.25, -0.2) is 0 Å². The molecule has 0 aromatic carbocycles. The molecule has 0 aromatic rings. The molecule has 0 aliphatic rings. The highest BCUT2D eigenvalue weighted by Crippen LogP contribution is 2.23. The van der Waals surface area contributed by atoms with Crippen molar-refractivity contribution in [2.45, 2.75) is 25.5 Å². The molecule has 0 saturated carbocycles. The fraction of sp³-hybridized carbons (Fsp3) is 0.833. The van der Waals surface area contributed by atoms with Crippen LogP contribution in [-0.4, -0.2) is 17.2 Å². The van der Waals surface area contributed by atoms with E-state index >= 15 is 0 Å². The lowest BCUT2D eigenvalue weighted by Crippen LogP contribution is -2.34. The number of amides is 1. The minimum atomic E-state index is -0.312. The molecule has 0 aliphatic heterocycles. The average molecular weight is 176 g/mol. The Morgan fingerprint density at radius 2 is 2.18 bits per heavy atom. The van der Waals surface area contributed by atoms with Gasteiger partial charge in [0.2, 0.25) is 5.91 Å². The van der Waals surface area contributed by atoms with Gasteiger partial charge in [0.25, 0.3) is 0 Å². The van der Waals surface area contributed by atoms with Crippen molar-refractivity contribution in [3.05, 3.63) is 4.91 Å². The van der Waals surface area contributed by atoms with Crippen LogP contribution < -0.4 is 5.32 Å². The summed E-state index contributed by atoms with van der Waals surface area (Å²) in [6.45, 7) is 5.58. The van der Waals surface area contributed by atoms with Crippen LogP contribution in [0.25, 0.3) is 0 Å². The molecule has 0 spiro atoms. The van der Waals surface area contributed by atoms with E-state index in [-0.39, 0.29) is 10.7 Å². The van der Waals surface area contributed by atoms with Crippen molar-refractivity contribution in [1.82, 2.24) is 5.32 Å². The van der Waals surface area contributed by atoms with Crippen LogP contribution >= 0.6 is 11.9 Å². The lowest BCUT2D eigenvalue weighted by molar-refractivity contribution is -0.119. The Hall–Kier alpha value is -0.580. The lowest BCUT2D eigenvalue weighted by Gasteiger charge is -2.18. The second-order valence-electron chi connectivity index (χ2n) is 2.84. The van der Waals surface area contributed by atoms with Gasteiger partial charge in [-0.3, -0.25) is 4.79 Å². The molecule has 1 amide bonds. The normalized spacial score (nSPS) is 10.8. The molecular formula is C6H12N2O2S. The smallest absolute Gasteiger partial charge is 0.216 e. The van der Waals surface area contributed by atoms with E-state index in [0.717, 1.165) is 11.9 Å². The fourth-order valence-corrected chi connectivity index (χ4v) is 0.809. The first-order chi connectivity index (χ1) is 4.98. The molecule has 0 bridgehead atoms. The third kappa shape index (κ3) is 5.84. The number of nitrogens with one attached hydrogen (secondary N) is 1.